The number of carbonyl (C=O) groups is 1. The average Bonchev–Trinajstić information content (AvgIpc) is 2.92. The Hall–Kier alpha value is -2.69. The van der Waals surface area contributed by atoms with E-state index in [0.717, 1.165) is 6.42 Å². The lowest BCUT2D eigenvalue weighted by Crippen LogP contribution is -2.25. The maximum Gasteiger partial charge on any atom is 0.255 e. The molecule has 0 fully saturated rings. The first-order chi connectivity index (χ1) is 9.84. The maximum absolute atomic E-state index is 12.1. The van der Waals surface area contributed by atoms with Gasteiger partial charge in [-0.2, -0.15) is 14.8 Å². The van der Waals surface area contributed by atoms with Crippen LogP contribution in [-0.4, -0.2) is 27.3 Å². The Kier molecular flexibility index (Phi) is 3.41. The molecule has 0 spiro atoms. The summed E-state index contributed by atoms with van der Waals surface area (Å²) in [6.45, 7) is 0.598. The summed E-state index contributed by atoms with van der Waals surface area (Å²) in [6, 6.07) is 13.7. The molecule has 0 aliphatic rings. The van der Waals surface area contributed by atoms with Crippen molar-refractivity contribution in [3.8, 4) is 0 Å². The van der Waals surface area contributed by atoms with Gasteiger partial charge in [0.15, 0.2) is 0 Å². The van der Waals surface area contributed by atoms with Crippen molar-refractivity contribution in [3.63, 3.8) is 0 Å². The molecule has 0 saturated heterocycles. The molecule has 0 aliphatic heterocycles. The number of fused-ring (bicyclic) bond motifs is 1. The van der Waals surface area contributed by atoms with Gasteiger partial charge >= 0.3 is 0 Å². The minimum absolute atomic E-state index is 0.121. The molecule has 5 heteroatoms. The van der Waals surface area contributed by atoms with Gasteiger partial charge in [-0.1, -0.05) is 30.3 Å². The van der Waals surface area contributed by atoms with Gasteiger partial charge < -0.3 is 5.32 Å². The smallest absolute Gasteiger partial charge is 0.255 e. The molecule has 3 aromatic rings. The fourth-order valence-corrected chi connectivity index (χ4v) is 2.07. The topological polar surface area (TPSA) is 59.3 Å². The molecule has 0 atom stereocenters. The molecule has 0 radical (unpaired) electrons. The van der Waals surface area contributed by atoms with Crippen LogP contribution in [0.3, 0.4) is 0 Å². The molecular weight excluding hydrogens is 252 g/mol. The van der Waals surface area contributed by atoms with Gasteiger partial charge in [-0.25, -0.2) is 0 Å². The molecule has 2 heterocycles. The van der Waals surface area contributed by atoms with Crippen molar-refractivity contribution in [3.05, 3.63) is 66.0 Å². The highest BCUT2D eigenvalue weighted by molar-refractivity contribution is 6.00. The highest BCUT2D eigenvalue weighted by Crippen LogP contribution is 2.08. The average molecular weight is 266 g/mol. The Bertz CT molecular complexity index is 721. The fraction of sp³-hybridized carbons (Fsp3) is 0.133. The minimum Gasteiger partial charge on any atom is -0.352 e. The first-order valence-electron chi connectivity index (χ1n) is 6.46. The third kappa shape index (κ3) is 2.51. The fourth-order valence-electron chi connectivity index (χ4n) is 2.07. The number of nitrogens with one attached hydrogen (secondary N) is 1. The zero-order chi connectivity index (χ0) is 13.8. The van der Waals surface area contributed by atoms with E-state index in [9.17, 15) is 4.79 Å². The minimum atomic E-state index is -0.121. The molecule has 0 unspecified atom stereocenters. The molecule has 0 saturated carbocycles. The van der Waals surface area contributed by atoms with Gasteiger partial charge in [-0.15, -0.1) is 0 Å². The standard InChI is InChI=1S/C15H14N4O/c20-15(16-10-8-12-5-2-1-3-6-12)13-11-18-19-14(13)7-4-9-17-19/h1-7,9,11H,8,10H2,(H,16,20). The van der Waals surface area contributed by atoms with Crippen LogP contribution in [0.2, 0.25) is 0 Å². The number of benzene rings is 1. The van der Waals surface area contributed by atoms with Crippen molar-refractivity contribution in [1.29, 1.82) is 0 Å². The lowest BCUT2D eigenvalue weighted by Gasteiger charge is -2.04. The van der Waals surface area contributed by atoms with E-state index in [4.69, 9.17) is 0 Å². The molecular formula is C15H14N4O. The zero-order valence-electron chi connectivity index (χ0n) is 10.9. The number of nitrogens with zero attached hydrogens (tertiary/aromatic N) is 3. The summed E-state index contributed by atoms with van der Waals surface area (Å²) in [5.41, 5.74) is 2.46. The number of hydrogen-bond acceptors (Lipinski definition) is 3. The predicted octanol–water partition coefficient (Wildman–Crippen LogP) is 1.70. The Morgan fingerprint density at radius 1 is 1.10 bits per heavy atom. The monoisotopic (exact) mass is 266 g/mol. The molecule has 1 N–H and O–H groups in total. The van der Waals surface area contributed by atoms with Crippen LogP contribution in [0.4, 0.5) is 0 Å². The Morgan fingerprint density at radius 3 is 2.80 bits per heavy atom. The van der Waals surface area contributed by atoms with Gasteiger partial charge in [-0.3, -0.25) is 4.79 Å². The van der Waals surface area contributed by atoms with Crippen LogP contribution in [0.25, 0.3) is 5.52 Å². The number of aromatic nitrogens is 3. The van der Waals surface area contributed by atoms with E-state index >= 15 is 0 Å². The molecule has 1 aromatic carbocycles. The van der Waals surface area contributed by atoms with Gasteiger partial charge in [0, 0.05) is 12.7 Å². The summed E-state index contributed by atoms with van der Waals surface area (Å²) < 4.78 is 1.45. The number of amides is 1. The largest absolute Gasteiger partial charge is 0.352 e. The number of carbonyl (C=O) groups excluding carboxylic acids is 1. The number of hydrogen-bond donors (Lipinski definition) is 1. The Morgan fingerprint density at radius 2 is 1.95 bits per heavy atom. The van der Waals surface area contributed by atoms with Crippen LogP contribution in [0.5, 0.6) is 0 Å². The molecule has 0 bridgehead atoms. The molecule has 5 nitrogen and oxygen atoms in total. The van der Waals surface area contributed by atoms with E-state index in [1.54, 1.807) is 18.5 Å². The summed E-state index contributed by atoms with van der Waals surface area (Å²) in [5.74, 6) is -0.121. The van der Waals surface area contributed by atoms with Crippen molar-refractivity contribution >= 4 is 11.4 Å². The van der Waals surface area contributed by atoms with Crippen molar-refractivity contribution in [1.82, 2.24) is 20.1 Å². The highest BCUT2D eigenvalue weighted by atomic mass is 16.1. The summed E-state index contributed by atoms with van der Waals surface area (Å²) >= 11 is 0. The van der Waals surface area contributed by atoms with Crippen LogP contribution in [0.1, 0.15) is 15.9 Å². The normalized spacial score (nSPS) is 10.6. The lowest BCUT2D eigenvalue weighted by atomic mass is 10.1. The van der Waals surface area contributed by atoms with Gasteiger partial charge in [0.2, 0.25) is 0 Å². The van der Waals surface area contributed by atoms with E-state index < -0.39 is 0 Å². The van der Waals surface area contributed by atoms with E-state index in [1.807, 2.05) is 36.4 Å². The summed E-state index contributed by atoms with van der Waals surface area (Å²) in [4.78, 5) is 12.1. The summed E-state index contributed by atoms with van der Waals surface area (Å²) in [5, 5.41) is 11.0. The zero-order valence-corrected chi connectivity index (χ0v) is 10.9. The first kappa shape index (κ1) is 12.3. The second kappa shape index (κ2) is 5.52. The van der Waals surface area contributed by atoms with E-state index in [0.29, 0.717) is 17.6 Å². The van der Waals surface area contributed by atoms with Crippen LogP contribution >= 0.6 is 0 Å². The molecule has 1 amide bonds. The Balaban J connectivity index is 1.65. The second-order valence-electron chi connectivity index (χ2n) is 4.45. The van der Waals surface area contributed by atoms with Gasteiger partial charge in [-0.05, 0) is 24.1 Å². The molecule has 0 aliphatic carbocycles. The Labute approximate surface area is 116 Å². The summed E-state index contributed by atoms with van der Waals surface area (Å²) in [7, 11) is 0. The van der Waals surface area contributed by atoms with Crippen molar-refractivity contribution < 1.29 is 4.79 Å². The van der Waals surface area contributed by atoms with Crippen molar-refractivity contribution in [2.24, 2.45) is 0 Å². The summed E-state index contributed by atoms with van der Waals surface area (Å²) in [6.07, 6.45) is 3.99. The predicted molar refractivity (Wildman–Crippen MR) is 75.5 cm³/mol. The van der Waals surface area contributed by atoms with Crippen LogP contribution in [0.15, 0.2) is 54.9 Å². The van der Waals surface area contributed by atoms with Crippen molar-refractivity contribution in [2.75, 3.05) is 6.54 Å². The van der Waals surface area contributed by atoms with Gasteiger partial charge in [0.1, 0.15) is 5.52 Å². The van der Waals surface area contributed by atoms with E-state index in [2.05, 4.69) is 15.5 Å². The lowest BCUT2D eigenvalue weighted by molar-refractivity contribution is 0.0955. The first-order valence-corrected chi connectivity index (χ1v) is 6.46. The number of rotatable bonds is 4. The van der Waals surface area contributed by atoms with Gasteiger partial charge in [0.25, 0.3) is 5.91 Å². The molecule has 20 heavy (non-hydrogen) atoms. The quantitative estimate of drug-likeness (QED) is 0.782. The van der Waals surface area contributed by atoms with Crippen LogP contribution < -0.4 is 5.32 Å². The van der Waals surface area contributed by atoms with E-state index in [1.165, 1.54) is 10.2 Å². The van der Waals surface area contributed by atoms with Gasteiger partial charge in [0.05, 0.1) is 11.8 Å². The molecule has 2 aromatic heterocycles. The molecule has 100 valence electrons. The second-order valence-corrected chi connectivity index (χ2v) is 4.45. The SMILES string of the molecule is O=C(NCCc1ccccc1)c1cnn2ncccc12. The third-order valence-corrected chi connectivity index (χ3v) is 3.09. The highest BCUT2D eigenvalue weighted by Gasteiger charge is 2.11. The van der Waals surface area contributed by atoms with Crippen molar-refractivity contribution in [2.45, 2.75) is 6.42 Å². The molecule has 3 rings (SSSR count). The van der Waals surface area contributed by atoms with E-state index in [-0.39, 0.29) is 5.91 Å². The third-order valence-electron chi connectivity index (χ3n) is 3.09. The maximum atomic E-state index is 12.1. The van der Waals surface area contributed by atoms with Crippen LogP contribution in [0, 0.1) is 0 Å². The van der Waals surface area contributed by atoms with Crippen LogP contribution in [-0.2, 0) is 6.42 Å².